The third-order valence-corrected chi connectivity index (χ3v) is 7.21. The molecule has 1 aromatic carbocycles. The number of carboxylic acids is 2. The number of likely N-dealkylation sites (tertiary alicyclic amines) is 1. The fraction of sp³-hybridized carbons (Fsp3) is 0.586. The first kappa shape index (κ1) is 41.2. The Morgan fingerprint density at radius 2 is 1.80 bits per heavy atom. The topological polar surface area (TPSA) is 288 Å². The molecule has 16 heteroatoms. The molecular formula is C29H49N5O11. The minimum Gasteiger partial charge on any atom is -0.490 e. The normalized spacial score (nSPS) is 16.1. The van der Waals surface area contributed by atoms with Crippen molar-refractivity contribution in [1.82, 2.24) is 25.8 Å². The van der Waals surface area contributed by atoms with Crippen molar-refractivity contribution in [3.05, 3.63) is 30.0 Å². The third-order valence-electron chi connectivity index (χ3n) is 7.21. The Kier molecular flexibility index (Phi) is 17.9. The fourth-order valence-electron chi connectivity index (χ4n) is 4.95. The molecule has 256 valence electrons. The van der Waals surface area contributed by atoms with Crippen molar-refractivity contribution in [1.29, 1.82) is 0 Å². The number of aromatic amines is 1. The molecule has 2 aromatic rings. The van der Waals surface area contributed by atoms with Crippen molar-refractivity contribution < 1.29 is 55.7 Å². The van der Waals surface area contributed by atoms with Crippen molar-refractivity contribution in [2.45, 2.75) is 83.1 Å². The zero-order chi connectivity index (χ0) is 30.8. The SMILES string of the molecule is CC(C)NC[C@H](O)COc1cccc2[nH]c(C(=O)NCCCC[C@H](N[C@@H](C)C(=O)N3CCC[C@H]3C(=O)O)C(=O)O)cc12.O.O.O. The van der Waals surface area contributed by atoms with E-state index in [0.717, 1.165) is 5.52 Å². The first-order valence-corrected chi connectivity index (χ1v) is 14.4. The number of nitrogens with one attached hydrogen (secondary N) is 4. The van der Waals surface area contributed by atoms with Gasteiger partial charge in [0.15, 0.2) is 0 Å². The van der Waals surface area contributed by atoms with Gasteiger partial charge in [-0.3, -0.25) is 19.7 Å². The van der Waals surface area contributed by atoms with E-state index < -0.39 is 42.1 Å². The largest absolute Gasteiger partial charge is 0.490 e. The molecule has 3 rings (SSSR count). The van der Waals surface area contributed by atoms with E-state index in [2.05, 4.69) is 20.9 Å². The summed E-state index contributed by atoms with van der Waals surface area (Å²) in [5, 5.41) is 38.6. The highest BCUT2D eigenvalue weighted by molar-refractivity contribution is 5.99. The minimum absolute atomic E-state index is 0. The van der Waals surface area contributed by atoms with Crippen molar-refractivity contribution >= 4 is 34.7 Å². The van der Waals surface area contributed by atoms with E-state index in [1.807, 2.05) is 19.9 Å². The Morgan fingerprint density at radius 3 is 2.44 bits per heavy atom. The molecule has 0 unspecified atom stereocenters. The van der Waals surface area contributed by atoms with Gasteiger partial charge in [0.2, 0.25) is 5.91 Å². The highest BCUT2D eigenvalue weighted by Crippen LogP contribution is 2.26. The zero-order valence-electron chi connectivity index (χ0n) is 25.9. The van der Waals surface area contributed by atoms with Crippen molar-refractivity contribution in [3.63, 3.8) is 0 Å². The summed E-state index contributed by atoms with van der Waals surface area (Å²) >= 11 is 0. The summed E-state index contributed by atoms with van der Waals surface area (Å²) in [4.78, 5) is 53.0. The smallest absolute Gasteiger partial charge is 0.326 e. The van der Waals surface area contributed by atoms with E-state index in [1.165, 1.54) is 4.90 Å². The summed E-state index contributed by atoms with van der Waals surface area (Å²) in [5.74, 6) is -2.35. The van der Waals surface area contributed by atoms with Crippen LogP contribution in [0.25, 0.3) is 10.9 Å². The number of carbonyl (C=O) groups is 4. The summed E-state index contributed by atoms with van der Waals surface area (Å²) in [6.07, 6.45) is 1.53. The number of amides is 2. The van der Waals surface area contributed by atoms with Crippen LogP contribution >= 0.6 is 0 Å². The highest BCUT2D eigenvalue weighted by atomic mass is 16.5. The Morgan fingerprint density at radius 1 is 1.09 bits per heavy atom. The predicted molar refractivity (Wildman–Crippen MR) is 166 cm³/mol. The molecule has 1 aromatic heterocycles. The summed E-state index contributed by atoms with van der Waals surface area (Å²) in [7, 11) is 0. The summed E-state index contributed by atoms with van der Waals surface area (Å²) in [5.41, 5.74) is 1.07. The third kappa shape index (κ3) is 11.9. The van der Waals surface area contributed by atoms with Crippen molar-refractivity contribution in [3.8, 4) is 5.75 Å². The minimum atomic E-state index is -1.10. The van der Waals surface area contributed by atoms with Crippen molar-refractivity contribution in [2.24, 2.45) is 0 Å². The average Bonchev–Trinajstić information content (AvgIpc) is 3.61. The molecule has 4 atom stereocenters. The molecule has 2 heterocycles. The second-order valence-corrected chi connectivity index (χ2v) is 11.0. The first-order valence-electron chi connectivity index (χ1n) is 14.4. The molecule has 45 heavy (non-hydrogen) atoms. The lowest BCUT2D eigenvalue weighted by atomic mass is 10.1. The lowest BCUT2D eigenvalue weighted by Gasteiger charge is -2.27. The van der Waals surface area contributed by atoms with Gasteiger partial charge >= 0.3 is 11.9 Å². The lowest BCUT2D eigenvalue weighted by Crippen LogP contribution is -2.53. The Hall–Kier alpha value is -3.80. The first-order chi connectivity index (χ1) is 20.0. The van der Waals surface area contributed by atoms with Crippen LogP contribution in [-0.2, 0) is 14.4 Å². The van der Waals surface area contributed by atoms with Gasteiger partial charge in [0, 0.05) is 36.6 Å². The van der Waals surface area contributed by atoms with Crippen LogP contribution in [0.3, 0.4) is 0 Å². The van der Waals surface area contributed by atoms with Crippen LogP contribution in [0.15, 0.2) is 24.3 Å². The molecule has 0 aliphatic carbocycles. The van der Waals surface area contributed by atoms with Gasteiger partial charge in [0.1, 0.15) is 36.2 Å². The van der Waals surface area contributed by atoms with E-state index in [4.69, 9.17) is 4.74 Å². The maximum atomic E-state index is 12.7. The van der Waals surface area contributed by atoms with Gasteiger partial charge in [0.25, 0.3) is 5.91 Å². The predicted octanol–water partition coefficient (Wildman–Crippen LogP) is -1.16. The zero-order valence-corrected chi connectivity index (χ0v) is 25.9. The number of hydrogen-bond donors (Lipinski definition) is 7. The standard InChI is InChI=1S/C29H43N5O8.3H2O/c1-17(2)31-15-19(35)16-42-25-11-6-9-21-20(25)14-23(33-21)26(36)30-12-5-4-8-22(28(38)39)32-18(3)27(37)34-13-7-10-24(34)29(40)41;;;/h6,9,11,14,17-19,22,24,31-33,35H,4-5,7-8,10,12-13,15-16H2,1-3H3,(H,30,36)(H,38,39)(H,40,41);3*1H2/t18-,19-,22-,24-;;;/m0.../s1. The van der Waals surface area contributed by atoms with E-state index in [9.17, 15) is 34.5 Å². The number of unbranched alkanes of at least 4 members (excludes halogenated alkanes) is 1. The number of benzene rings is 1. The van der Waals surface area contributed by atoms with Gasteiger partial charge in [-0.1, -0.05) is 19.9 Å². The van der Waals surface area contributed by atoms with E-state index >= 15 is 0 Å². The number of aromatic nitrogens is 1. The van der Waals surface area contributed by atoms with Crippen molar-refractivity contribution in [2.75, 3.05) is 26.2 Å². The molecule has 13 N–H and O–H groups in total. The van der Waals surface area contributed by atoms with Crippen LogP contribution in [0.2, 0.25) is 0 Å². The second-order valence-electron chi connectivity index (χ2n) is 11.0. The van der Waals surface area contributed by atoms with Gasteiger partial charge < -0.3 is 57.0 Å². The molecule has 0 saturated carbocycles. The Balaban J connectivity index is 0.00000645. The number of carboxylic acid groups (broad SMARTS) is 2. The van der Waals surface area contributed by atoms with Crippen LogP contribution in [0.4, 0.5) is 0 Å². The molecule has 0 spiro atoms. The van der Waals surface area contributed by atoms with Crippen LogP contribution in [0, 0.1) is 0 Å². The lowest BCUT2D eigenvalue weighted by molar-refractivity contribution is -0.149. The number of fused-ring (bicyclic) bond motifs is 1. The van der Waals surface area contributed by atoms with E-state index in [0.29, 0.717) is 62.1 Å². The highest BCUT2D eigenvalue weighted by Gasteiger charge is 2.36. The molecule has 0 bridgehead atoms. The Bertz CT molecular complexity index is 1240. The number of hydrogen-bond acceptors (Lipinski definition) is 8. The molecule has 1 aliphatic rings. The number of aliphatic hydroxyl groups excluding tert-OH is 1. The molecule has 1 aliphatic heterocycles. The number of aliphatic carboxylic acids is 2. The summed E-state index contributed by atoms with van der Waals surface area (Å²) in [6, 6.07) is 4.62. The number of nitrogens with zero attached hydrogens (tertiary/aromatic N) is 1. The number of aliphatic hydroxyl groups is 1. The van der Waals surface area contributed by atoms with E-state index in [-0.39, 0.29) is 41.4 Å². The molecule has 16 nitrogen and oxygen atoms in total. The molecule has 2 amide bonds. The number of H-pyrrole nitrogens is 1. The van der Waals surface area contributed by atoms with Gasteiger partial charge in [-0.25, -0.2) is 4.79 Å². The summed E-state index contributed by atoms with van der Waals surface area (Å²) < 4.78 is 5.80. The van der Waals surface area contributed by atoms with Gasteiger partial charge in [0.05, 0.1) is 6.04 Å². The number of ether oxygens (including phenoxy) is 1. The van der Waals surface area contributed by atoms with Crippen LogP contribution in [0.1, 0.15) is 63.4 Å². The number of rotatable bonds is 17. The van der Waals surface area contributed by atoms with Gasteiger partial charge in [-0.2, -0.15) is 0 Å². The average molecular weight is 644 g/mol. The molecular weight excluding hydrogens is 594 g/mol. The van der Waals surface area contributed by atoms with E-state index in [1.54, 1.807) is 25.1 Å². The second kappa shape index (κ2) is 19.6. The molecule has 1 saturated heterocycles. The fourth-order valence-corrected chi connectivity index (χ4v) is 4.95. The summed E-state index contributed by atoms with van der Waals surface area (Å²) in [6.45, 7) is 6.69. The number of carbonyl (C=O) groups excluding carboxylic acids is 2. The van der Waals surface area contributed by atoms with Gasteiger partial charge in [-0.05, 0) is 57.2 Å². The van der Waals surface area contributed by atoms with Crippen LogP contribution in [0.5, 0.6) is 5.75 Å². The Labute approximate surface area is 261 Å². The van der Waals surface area contributed by atoms with Crippen LogP contribution in [-0.4, -0.2) is 122 Å². The monoisotopic (exact) mass is 643 g/mol. The maximum absolute atomic E-state index is 12.7. The molecule has 0 radical (unpaired) electrons. The van der Waals surface area contributed by atoms with Crippen LogP contribution < -0.4 is 20.7 Å². The molecule has 1 fully saturated rings. The quantitative estimate of drug-likeness (QED) is 0.101. The maximum Gasteiger partial charge on any atom is 0.326 e. The van der Waals surface area contributed by atoms with Gasteiger partial charge in [-0.15, -0.1) is 0 Å².